The van der Waals surface area contributed by atoms with E-state index in [2.05, 4.69) is 6.07 Å². The van der Waals surface area contributed by atoms with Gasteiger partial charge in [0.25, 0.3) is 0 Å². The lowest BCUT2D eigenvalue weighted by Crippen LogP contribution is -1.98. The van der Waals surface area contributed by atoms with Crippen LogP contribution < -0.4 is 4.74 Å². The van der Waals surface area contributed by atoms with E-state index < -0.39 is 4.92 Å². The first-order valence-corrected chi connectivity index (χ1v) is 4.03. The molecule has 0 amide bonds. The zero-order valence-electron chi connectivity index (χ0n) is 7.32. The van der Waals surface area contributed by atoms with Gasteiger partial charge in [0.2, 0.25) is 0 Å². The van der Waals surface area contributed by atoms with Gasteiger partial charge in [0, 0.05) is 6.07 Å². The van der Waals surface area contributed by atoms with Crippen LogP contribution in [0, 0.1) is 16.2 Å². The van der Waals surface area contributed by atoms with Crippen molar-refractivity contribution < 1.29 is 9.66 Å². The molecular formula is C9H10NO3. The van der Waals surface area contributed by atoms with Gasteiger partial charge in [-0.2, -0.15) is 0 Å². The lowest BCUT2D eigenvalue weighted by Gasteiger charge is -2.03. The molecule has 0 spiro atoms. The van der Waals surface area contributed by atoms with Gasteiger partial charge in [-0.25, -0.2) is 0 Å². The molecule has 1 aromatic rings. The van der Waals surface area contributed by atoms with Crippen LogP contribution in [0.3, 0.4) is 0 Å². The van der Waals surface area contributed by atoms with Gasteiger partial charge in [-0.1, -0.05) is 13.0 Å². The van der Waals surface area contributed by atoms with Crippen LogP contribution in [0.1, 0.15) is 13.3 Å². The van der Waals surface area contributed by atoms with E-state index in [-0.39, 0.29) is 5.69 Å². The van der Waals surface area contributed by atoms with E-state index in [1.165, 1.54) is 6.07 Å². The number of rotatable bonds is 4. The first-order valence-electron chi connectivity index (χ1n) is 4.03. The average Bonchev–Trinajstić information content (AvgIpc) is 2.15. The highest BCUT2D eigenvalue weighted by molar-refractivity contribution is 5.45. The Balaban J connectivity index is 2.84. The Morgan fingerprint density at radius 2 is 2.46 bits per heavy atom. The van der Waals surface area contributed by atoms with Gasteiger partial charge in [-0.15, -0.1) is 0 Å². The standard InChI is InChI=1S/C9H10NO3/c1-2-7-13-9-6-4-3-5-8(9)10(11)12/h4-6H,2,7H2,1H3. The third-order valence-electron chi connectivity index (χ3n) is 1.46. The lowest BCUT2D eigenvalue weighted by molar-refractivity contribution is -0.385. The molecule has 1 aromatic carbocycles. The summed E-state index contributed by atoms with van der Waals surface area (Å²) in [5.74, 6) is 0.311. The summed E-state index contributed by atoms with van der Waals surface area (Å²) in [5, 5.41) is 10.5. The van der Waals surface area contributed by atoms with Crippen molar-refractivity contribution in [1.29, 1.82) is 0 Å². The number of nitrogens with zero attached hydrogens (tertiary/aromatic N) is 1. The molecule has 0 aliphatic rings. The molecule has 69 valence electrons. The number of nitro groups is 1. The maximum atomic E-state index is 10.5. The van der Waals surface area contributed by atoms with Crippen molar-refractivity contribution in [1.82, 2.24) is 0 Å². The minimum atomic E-state index is -0.471. The number of benzene rings is 1. The summed E-state index contributed by atoms with van der Waals surface area (Å²) in [6.45, 7) is 2.44. The van der Waals surface area contributed by atoms with Crippen molar-refractivity contribution in [2.45, 2.75) is 13.3 Å². The van der Waals surface area contributed by atoms with Gasteiger partial charge in [-0.05, 0) is 18.6 Å². The van der Waals surface area contributed by atoms with Crippen LogP contribution in [-0.4, -0.2) is 11.5 Å². The molecular weight excluding hydrogens is 170 g/mol. The summed E-state index contributed by atoms with van der Waals surface area (Å²) < 4.78 is 5.19. The first kappa shape index (κ1) is 9.51. The highest BCUT2D eigenvalue weighted by Crippen LogP contribution is 2.25. The van der Waals surface area contributed by atoms with Crippen molar-refractivity contribution in [3.05, 3.63) is 34.4 Å². The summed E-state index contributed by atoms with van der Waals surface area (Å²) in [4.78, 5) is 10.0. The van der Waals surface area contributed by atoms with E-state index >= 15 is 0 Å². The Labute approximate surface area is 76.3 Å². The van der Waals surface area contributed by atoms with Crippen molar-refractivity contribution in [2.75, 3.05) is 6.61 Å². The predicted octanol–water partition coefficient (Wildman–Crippen LogP) is 2.18. The zero-order chi connectivity index (χ0) is 9.68. The van der Waals surface area contributed by atoms with Crippen LogP contribution in [0.5, 0.6) is 5.75 Å². The molecule has 0 saturated carbocycles. The second-order valence-electron chi connectivity index (χ2n) is 2.50. The second-order valence-corrected chi connectivity index (χ2v) is 2.50. The molecule has 0 aliphatic heterocycles. The molecule has 4 nitrogen and oxygen atoms in total. The van der Waals surface area contributed by atoms with Gasteiger partial charge < -0.3 is 4.74 Å². The van der Waals surface area contributed by atoms with E-state index in [4.69, 9.17) is 4.74 Å². The van der Waals surface area contributed by atoms with E-state index in [1.54, 1.807) is 12.1 Å². The predicted molar refractivity (Wildman–Crippen MR) is 47.7 cm³/mol. The number of ether oxygens (including phenoxy) is 1. The SMILES string of the molecule is CCCOc1cc[c]cc1[N+](=O)[O-]. The van der Waals surface area contributed by atoms with Gasteiger partial charge >= 0.3 is 5.69 Å². The molecule has 0 N–H and O–H groups in total. The van der Waals surface area contributed by atoms with Crippen molar-refractivity contribution in [3.8, 4) is 5.75 Å². The topological polar surface area (TPSA) is 52.4 Å². The number of hydrogen-bond acceptors (Lipinski definition) is 3. The summed E-state index contributed by atoms with van der Waals surface area (Å²) in [6, 6.07) is 7.09. The van der Waals surface area contributed by atoms with Crippen LogP contribution >= 0.6 is 0 Å². The third kappa shape index (κ3) is 2.43. The fraction of sp³-hybridized carbons (Fsp3) is 0.333. The fourth-order valence-corrected chi connectivity index (χ4v) is 0.884. The van der Waals surface area contributed by atoms with Crippen molar-refractivity contribution >= 4 is 5.69 Å². The van der Waals surface area contributed by atoms with E-state index in [0.717, 1.165) is 6.42 Å². The monoisotopic (exact) mass is 180 g/mol. The highest BCUT2D eigenvalue weighted by atomic mass is 16.6. The molecule has 0 heterocycles. The van der Waals surface area contributed by atoms with Gasteiger partial charge in [0.15, 0.2) is 5.75 Å². The lowest BCUT2D eigenvalue weighted by atomic mass is 10.3. The molecule has 13 heavy (non-hydrogen) atoms. The van der Waals surface area contributed by atoms with E-state index in [0.29, 0.717) is 12.4 Å². The molecule has 1 rings (SSSR count). The number of hydrogen-bond donors (Lipinski definition) is 0. The summed E-state index contributed by atoms with van der Waals surface area (Å²) in [5.41, 5.74) is -0.0315. The molecule has 0 atom stereocenters. The maximum Gasteiger partial charge on any atom is 0.311 e. The maximum absolute atomic E-state index is 10.5. The molecule has 0 unspecified atom stereocenters. The second kappa shape index (κ2) is 4.45. The summed E-state index contributed by atoms with van der Waals surface area (Å²) in [6.07, 6.45) is 0.829. The Morgan fingerprint density at radius 3 is 3.08 bits per heavy atom. The quantitative estimate of drug-likeness (QED) is 0.527. The summed E-state index contributed by atoms with van der Waals surface area (Å²) in [7, 11) is 0. The third-order valence-corrected chi connectivity index (χ3v) is 1.46. The minimum Gasteiger partial charge on any atom is -0.487 e. The first-order chi connectivity index (χ1) is 6.25. The van der Waals surface area contributed by atoms with Crippen molar-refractivity contribution in [2.24, 2.45) is 0 Å². The molecule has 4 heteroatoms. The molecule has 0 saturated heterocycles. The Morgan fingerprint density at radius 1 is 1.69 bits per heavy atom. The van der Waals surface area contributed by atoms with E-state index in [9.17, 15) is 10.1 Å². The van der Waals surface area contributed by atoms with Crippen LogP contribution in [0.25, 0.3) is 0 Å². The molecule has 1 radical (unpaired) electrons. The molecule has 0 bridgehead atoms. The van der Waals surface area contributed by atoms with Gasteiger partial charge in [-0.3, -0.25) is 10.1 Å². The summed E-state index contributed by atoms with van der Waals surface area (Å²) >= 11 is 0. The minimum absolute atomic E-state index is 0.0315. The number of nitro benzene ring substituents is 1. The molecule has 0 aliphatic carbocycles. The van der Waals surface area contributed by atoms with Crippen LogP contribution in [0.15, 0.2) is 18.2 Å². The Bertz CT molecular complexity index is 299. The normalized spacial score (nSPS) is 9.62. The van der Waals surface area contributed by atoms with Crippen LogP contribution in [-0.2, 0) is 0 Å². The van der Waals surface area contributed by atoms with Crippen molar-refractivity contribution in [3.63, 3.8) is 0 Å². The van der Waals surface area contributed by atoms with Gasteiger partial charge in [0.05, 0.1) is 11.5 Å². The average molecular weight is 180 g/mol. The zero-order valence-corrected chi connectivity index (χ0v) is 7.32. The van der Waals surface area contributed by atoms with E-state index in [1.807, 2.05) is 6.92 Å². The van der Waals surface area contributed by atoms with Crippen LogP contribution in [0.4, 0.5) is 5.69 Å². The molecule has 0 fully saturated rings. The smallest absolute Gasteiger partial charge is 0.311 e. The Hall–Kier alpha value is -1.58. The highest BCUT2D eigenvalue weighted by Gasteiger charge is 2.12. The Kier molecular flexibility index (Phi) is 3.25. The van der Waals surface area contributed by atoms with Crippen LogP contribution in [0.2, 0.25) is 0 Å². The molecule has 0 aromatic heterocycles. The largest absolute Gasteiger partial charge is 0.487 e. The fourth-order valence-electron chi connectivity index (χ4n) is 0.884. The van der Waals surface area contributed by atoms with Gasteiger partial charge in [0.1, 0.15) is 0 Å².